The molecule has 0 rings (SSSR count). The van der Waals surface area contributed by atoms with Crippen molar-refractivity contribution >= 4 is 58.3 Å². The van der Waals surface area contributed by atoms with Crippen molar-refractivity contribution in [2.24, 2.45) is 0 Å². The van der Waals surface area contributed by atoms with Gasteiger partial charge in [-0.3, -0.25) is 0 Å². The summed E-state index contributed by atoms with van der Waals surface area (Å²) in [6.07, 6.45) is 0. The minimum atomic E-state index is 0. The maximum absolute atomic E-state index is 4.65. The van der Waals surface area contributed by atoms with Crippen molar-refractivity contribution in [2.75, 3.05) is 13.1 Å². The molecule has 0 fully saturated rings. The van der Waals surface area contributed by atoms with Gasteiger partial charge in [-0.1, -0.05) is 24.4 Å². The first-order chi connectivity index (χ1) is 4.63. The minimum Gasteiger partial charge on any atom is -1.00 e. The van der Waals surface area contributed by atoms with Gasteiger partial charge in [-0.05, 0) is 0 Å². The van der Waals surface area contributed by atoms with E-state index in [0.717, 1.165) is 0 Å². The van der Waals surface area contributed by atoms with E-state index in [9.17, 15) is 0 Å². The van der Waals surface area contributed by atoms with Gasteiger partial charge < -0.3 is 12.1 Å². The molecule has 2 nitrogen and oxygen atoms in total. The van der Waals surface area contributed by atoms with Crippen molar-refractivity contribution in [1.82, 2.24) is 10.6 Å². The number of thiocarbonyl (C=S) groups is 2. The number of hydrogen-bond acceptors (Lipinski definition) is 2. The summed E-state index contributed by atoms with van der Waals surface area (Å²) >= 11 is 17.0. The first-order valence-electron chi connectivity index (χ1n) is 2.56. The molecule has 0 atom stereocenters. The summed E-state index contributed by atoms with van der Waals surface area (Å²) < 4.78 is 0.985. The Hall–Kier alpha value is 2.12. The topological polar surface area (TPSA) is 24.1 Å². The van der Waals surface area contributed by atoms with Crippen LogP contribution in [0.15, 0.2) is 0 Å². The molecule has 0 aliphatic heterocycles. The van der Waals surface area contributed by atoms with E-state index >= 15 is 0 Å². The molecule has 11 heavy (non-hydrogen) atoms. The molecule has 0 unspecified atom stereocenters. The fourth-order valence-corrected chi connectivity index (χ4v) is 0.767. The number of nitrogens with one attached hydrogen (secondary N) is 2. The third-order valence-electron chi connectivity index (χ3n) is 0.677. The Morgan fingerprint density at radius 2 is 1.36 bits per heavy atom. The molecule has 0 aromatic carbocycles. The average Bonchev–Trinajstić information content (AvgIpc) is 1.79. The van der Waals surface area contributed by atoms with Crippen LogP contribution in [-0.2, 0) is 0 Å². The molecule has 60 valence electrons. The molecule has 0 saturated heterocycles. The van der Waals surface area contributed by atoms with Gasteiger partial charge in [0.1, 0.15) is 8.64 Å². The minimum absolute atomic E-state index is 0. The van der Waals surface area contributed by atoms with E-state index in [4.69, 9.17) is 0 Å². The summed E-state index contributed by atoms with van der Waals surface area (Å²) in [5.74, 6) is 0. The van der Waals surface area contributed by atoms with E-state index in [0.29, 0.717) is 21.7 Å². The first-order valence-corrected chi connectivity index (χ1v) is 4.27. The van der Waals surface area contributed by atoms with Crippen molar-refractivity contribution in [3.8, 4) is 0 Å². The van der Waals surface area contributed by atoms with Gasteiger partial charge in [-0.25, -0.2) is 0 Å². The zero-order valence-electron chi connectivity index (χ0n) is 7.13. The largest absolute Gasteiger partial charge is 1.00 e. The number of rotatable bonds is 3. The van der Waals surface area contributed by atoms with Gasteiger partial charge in [0.05, 0.1) is 0 Å². The third kappa shape index (κ3) is 14.9. The zero-order chi connectivity index (χ0) is 7.98. The van der Waals surface area contributed by atoms with Crippen LogP contribution in [0.5, 0.6) is 0 Å². The average molecular weight is 252 g/mol. The fourth-order valence-electron chi connectivity index (χ4n) is 0.339. The van der Waals surface area contributed by atoms with Gasteiger partial charge >= 0.3 is 51.4 Å². The van der Waals surface area contributed by atoms with Gasteiger partial charge in [0.15, 0.2) is 0 Å². The normalized spacial score (nSPS) is 7.82. The van der Waals surface area contributed by atoms with Crippen LogP contribution in [0.2, 0.25) is 0 Å². The van der Waals surface area contributed by atoms with Crippen LogP contribution >= 0.6 is 49.7 Å². The number of thiol groups is 2. The van der Waals surface area contributed by atoms with Crippen LogP contribution < -0.4 is 62.0 Å². The molecule has 0 aliphatic rings. The van der Waals surface area contributed by atoms with E-state index in [1.807, 2.05) is 0 Å². The fraction of sp³-hybridized carbons (Fsp3) is 0.500. The Morgan fingerprint density at radius 3 is 1.55 bits per heavy atom. The quantitative estimate of drug-likeness (QED) is 0.197. The third-order valence-corrected chi connectivity index (χ3v) is 1.28. The molecular formula is C4H9KN2S4. The molecule has 0 spiro atoms. The van der Waals surface area contributed by atoms with Gasteiger partial charge in [0, 0.05) is 13.1 Å². The van der Waals surface area contributed by atoms with Crippen LogP contribution in [0.3, 0.4) is 0 Å². The van der Waals surface area contributed by atoms with Gasteiger partial charge in [0.2, 0.25) is 0 Å². The Labute approximate surface area is 132 Å². The molecule has 0 amide bonds. The summed E-state index contributed by atoms with van der Waals surface area (Å²) in [4.78, 5) is 0. The van der Waals surface area contributed by atoms with Crippen molar-refractivity contribution in [3.63, 3.8) is 0 Å². The summed E-state index contributed by atoms with van der Waals surface area (Å²) in [5, 5.41) is 5.68. The molecule has 0 radical (unpaired) electrons. The van der Waals surface area contributed by atoms with Crippen molar-refractivity contribution in [2.45, 2.75) is 0 Å². The predicted molar refractivity (Wildman–Crippen MR) is 60.3 cm³/mol. The molecule has 0 aliphatic carbocycles. The van der Waals surface area contributed by atoms with E-state index in [1.165, 1.54) is 0 Å². The van der Waals surface area contributed by atoms with Crippen LogP contribution in [0, 0.1) is 0 Å². The molecule has 0 aromatic heterocycles. The SMILES string of the molecule is S=C(S)NCCNC(=S)S.[H-].[K+]. The molecule has 2 N–H and O–H groups in total. The first kappa shape index (κ1) is 15.6. The molecule has 7 heteroatoms. The molecule has 0 saturated carbocycles. The maximum atomic E-state index is 4.65. The van der Waals surface area contributed by atoms with Gasteiger partial charge in [-0.15, -0.1) is 25.3 Å². The smallest absolute Gasteiger partial charge is 1.00 e. The van der Waals surface area contributed by atoms with Crippen LogP contribution in [-0.4, -0.2) is 21.7 Å². The summed E-state index contributed by atoms with van der Waals surface area (Å²) in [7, 11) is 0. The second kappa shape index (κ2) is 10.2. The van der Waals surface area contributed by atoms with Gasteiger partial charge in [0.25, 0.3) is 0 Å². The van der Waals surface area contributed by atoms with Crippen LogP contribution in [0.1, 0.15) is 1.43 Å². The van der Waals surface area contributed by atoms with Crippen LogP contribution in [0.4, 0.5) is 0 Å². The summed E-state index contributed by atoms with van der Waals surface area (Å²) in [6.45, 7) is 1.42. The van der Waals surface area contributed by atoms with Crippen LogP contribution in [0.25, 0.3) is 0 Å². The van der Waals surface area contributed by atoms with E-state index < -0.39 is 0 Å². The Bertz CT molecular complexity index is 129. The molecular weight excluding hydrogens is 243 g/mol. The Kier molecular flexibility index (Phi) is 14.4. The summed E-state index contributed by atoms with van der Waals surface area (Å²) in [6, 6.07) is 0. The van der Waals surface area contributed by atoms with Crippen molar-refractivity contribution < 1.29 is 52.8 Å². The second-order valence-corrected chi connectivity index (χ2v) is 3.78. The number of hydrogen-bond donors (Lipinski definition) is 4. The molecule has 0 heterocycles. The zero-order valence-corrected chi connectivity index (χ0v) is 12.7. The van der Waals surface area contributed by atoms with E-state index in [1.54, 1.807) is 0 Å². The Balaban J connectivity index is -0.000000405. The molecule has 0 aromatic rings. The summed E-state index contributed by atoms with van der Waals surface area (Å²) in [5.41, 5.74) is 0. The standard InChI is InChI=1S/C4H8N2S4.K.H/c7-3(8)5-1-2-6-4(9)10;;/h1-2H2,(H2,5,7,8)(H2,6,9,10);;/q;+1;-1. The van der Waals surface area contributed by atoms with Gasteiger partial charge in [-0.2, -0.15) is 0 Å². The van der Waals surface area contributed by atoms with E-state index in [2.05, 4.69) is 60.3 Å². The van der Waals surface area contributed by atoms with Crippen molar-refractivity contribution in [3.05, 3.63) is 0 Å². The Morgan fingerprint density at radius 1 is 1.09 bits per heavy atom. The van der Waals surface area contributed by atoms with E-state index in [-0.39, 0.29) is 52.8 Å². The predicted octanol–water partition coefficient (Wildman–Crippen LogP) is -2.29. The monoisotopic (exact) mass is 252 g/mol. The maximum Gasteiger partial charge on any atom is 1.00 e. The second-order valence-electron chi connectivity index (χ2n) is 1.46. The van der Waals surface area contributed by atoms with Crippen molar-refractivity contribution in [1.29, 1.82) is 0 Å². The molecule has 0 bridgehead atoms.